The number of nitrogens with one attached hydrogen (secondary N) is 1. The number of carbonyl (C=O) groups excluding carboxylic acids is 1. The molecule has 0 bridgehead atoms. The number of aromatic nitrogens is 4. The lowest BCUT2D eigenvalue weighted by molar-refractivity contribution is -0.116. The molecule has 7 nitrogen and oxygen atoms in total. The molecule has 4 rings (SSSR count). The smallest absolute Gasteiger partial charge is 0.263 e. The van der Waals surface area contributed by atoms with Crippen molar-refractivity contribution in [2.45, 2.75) is 32.7 Å². The highest BCUT2D eigenvalue weighted by atomic mass is 32.1. The number of amides is 1. The third-order valence-corrected chi connectivity index (χ3v) is 5.83. The minimum atomic E-state index is -0.356. The summed E-state index contributed by atoms with van der Waals surface area (Å²) in [6.45, 7) is 5.94. The molecule has 31 heavy (non-hydrogen) atoms. The quantitative estimate of drug-likeness (QED) is 0.522. The number of halogens is 1. The maximum atomic E-state index is 13.3. The summed E-state index contributed by atoms with van der Waals surface area (Å²) < 4.78 is 16.2. The fourth-order valence-electron chi connectivity index (χ4n) is 3.21. The third kappa shape index (κ3) is 4.13. The van der Waals surface area contributed by atoms with Gasteiger partial charge >= 0.3 is 0 Å². The van der Waals surface area contributed by atoms with Crippen LogP contribution in [0.2, 0.25) is 0 Å². The lowest BCUT2D eigenvalue weighted by Crippen LogP contribution is -2.28. The molecule has 0 fully saturated rings. The maximum absolute atomic E-state index is 13.3. The van der Waals surface area contributed by atoms with E-state index in [0.717, 1.165) is 11.3 Å². The summed E-state index contributed by atoms with van der Waals surface area (Å²) in [7, 11) is 1.75. The third-order valence-electron chi connectivity index (χ3n) is 4.95. The fraction of sp³-hybridized carbons (Fsp3) is 0.273. The minimum Gasteiger partial charge on any atom is -0.309 e. The van der Waals surface area contributed by atoms with Crippen LogP contribution >= 0.6 is 11.3 Å². The second-order valence-electron chi connectivity index (χ2n) is 8.35. The predicted molar refractivity (Wildman–Crippen MR) is 120 cm³/mol. The SMILES string of the molecule is Cn1nc(C(C)(C)C)cc1NC(=O)Cn1cnc2scc(-c3ccc(F)cc3)c2c1=O. The van der Waals surface area contributed by atoms with Crippen LogP contribution in [0.3, 0.4) is 0 Å². The van der Waals surface area contributed by atoms with Crippen LogP contribution < -0.4 is 10.9 Å². The Bertz CT molecular complexity index is 1330. The number of nitrogens with zero attached hydrogens (tertiary/aromatic N) is 4. The van der Waals surface area contributed by atoms with Gasteiger partial charge in [0.1, 0.15) is 23.0 Å². The van der Waals surface area contributed by atoms with E-state index in [0.29, 0.717) is 21.6 Å². The lowest BCUT2D eigenvalue weighted by Gasteiger charge is -2.13. The molecule has 4 aromatic rings. The number of anilines is 1. The Balaban J connectivity index is 1.62. The Morgan fingerprint density at radius 1 is 1.23 bits per heavy atom. The Morgan fingerprint density at radius 3 is 2.58 bits per heavy atom. The topological polar surface area (TPSA) is 81.8 Å². The molecule has 0 radical (unpaired) electrons. The van der Waals surface area contributed by atoms with E-state index in [1.165, 1.54) is 34.4 Å². The summed E-state index contributed by atoms with van der Waals surface area (Å²) in [5.41, 5.74) is 1.78. The van der Waals surface area contributed by atoms with E-state index >= 15 is 0 Å². The van der Waals surface area contributed by atoms with Crippen molar-refractivity contribution < 1.29 is 9.18 Å². The number of fused-ring (bicyclic) bond motifs is 1. The highest BCUT2D eigenvalue weighted by Crippen LogP contribution is 2.30. The van der Waals surface area contributed by atoms with Gasteiger partial charge in [-0.1, -0.05) is 32.9 Å². The van der Waals surface area contributed by atoms with Crippen LogP contribution in [0.1, 0.15) is 26.5 Å². The van der Waals surface area contributed by atoms with E-state index in [2.05, 4.69) is 15.4 Å². The molecule has 1 N–H and O–H groups in total. The number of hydrogen-bond donors (Lipinski definition) is 1. The zero-order valence-corrected chi connectivity index (χ0v) is 18.5. The number of hydrogen-bond acceptors (Lipinski definition) is 5. The van der Waals surface area contributed by atoms with Crippen LogP contribution in [-0.4, -0.2) is 25.2 Å². The highest BCUT2D eigenvalue weighted by molar-refractivity contribution is 7.17. The molecule has 1 aromatic carbocycles. The molecular formula is C22H22FN5O2S. The van der Waals surface area contributed by atoms with Crippen molar-refractivity contribution in [2.75, 3.05) is 5.32 Å². The van der Waals surface area contributed by atoms with Crippen molar-refractivity contribution >= 4 is 33.3 Å². The van der Waals surface area contributed by atoms with Crippen molar-refractivity contribution in [1.29, 1.82) is 0 Å². The molecule has 3 aromatic heterocycles. The van der Waals surface area contributed by atoms with Gasteiger partial charge in [-0.25, -0.2) is 9.37 Å². The van der Waals surface area contributed by atoms with Gasteiger partial charge in [-0.2, -0.15) is 5.10 Å². The monoisotopic (exact) mass is 439 g/mol. The Kier molecular flexibility index (Phi) is 5.22. The average Bonchev–Trinajstić information content (AvgIpc) is 3.29. The average molecular weight is 440 g/mol. The van der Waals surface area contributed by atoms with Crippen LogP contribution in [-0.2, 0) is 23.8 Å². The van der Waals surface area contributed by atoms with Gasteiger partial charge < -0.3 is 5.32 Å². The predicted octanol–water partition coefficient (Wildman–Crippen LogP) is 3.93. The molecule has 0 unspecified atom stereocenters. The van der Waals surface area contributed by atoms with Gasteiger partial charge in [-0.05, 0) is 17.7 Å². The summed E-state index contributed by atoms with van der Waals surface area (Å²) in [5, 5.41) is 9.49. The van der Waals surface area contributed by atoms with E-state index < -0.39 is 0 Å². The van der Waals surface area contributed by atoms with Crippen LogP contribution in [0.15, 0.2) is 46.8 Å². The largest absolute Gasteiger partial charge is 0.309 e. The molecule has 3 heterocycles. The van der Waals surface area contributed by atoms with Crippen molar-refractivity contribution in [3.63, 3.8) is 0 Å². The summed E-state index contributed by atoms with van der Waals surface area (Å²) >= 11 is 1.33. The van der Waals surface area contributed by atoms with Gasteiger partial charge in [-0.3, -0.25) is 18.8 Å². The number of aryl methyl sites for hydroxylation is 1. The van der Waals surface area contributed by atoms with Gasteiger partial charge in [0.2, 0.25) is 5.91 Å². The second kappa shape index (κ2) is 7.73. The van der Waals surface area contributed by atoms with Crippen LogP contribution in [0.4, 0.5) is 10.2 Å². The van der Waals surface area contributed by atoms with E-state index in [4.69, 9.17) is 0 Å². The van der Waals surface area contributed by atoms with Gasteiger partial charge in [0.25, 0.3) is 5.56 Å². The first kappa shape index (κ1) is 20.9. The van der Waals surface area contributed by atoms with Crippen LogP contribution in [0, 0.1) is 5.82 Å². The van der Waals surface area contributed by atoms with E-state index in [1.807, 2.05) is 32.2 Å². The molecule has 9 heteroatoms. The molecule has 0 saturated heterocycles. The number of benzene rings is 1. The molecule has 0 saturated carbocycles. The molecule has 160 valence electrons. The standard InChI is InChI=1S/C22H22FN5O2S/c1-22(2,3)16-9-17(27(4)26-16)25-18(29)10-28-12-24-20-19(21(28)30)15(11-31-20)13-5-7-14(23)8-6-13/h5-9,11-12H,10H2,1-4H3,(H,25,29). The number of thiophene rings is 1. The molecule has 0 aliphatic rings. The lowest BCUT2D eigenvalue weighted by atomic mass is 9.92. The highest BCUT2D eigenvalue weighted by Gasteiger charge is 2.20. The molecule has 0 aliphatic carbocycles. The van der Waals surface area contributed by atoms with Gasteiger partial charge in [0, 0.05) is 29.5 Å². The maximum Gasteiger partial charge on any atom is 0.263 e. The Labute approximate surface area is 182 Å². The molecule has 0 atom stereocenters. The van der Waals surface area contributed by atoms with Crippen LogP contribution in [0.25, 0.3) is 21.3 Å². The number of carbonyl (C=O) groups is 1. The molecular weight excluding hydrogens is 417 g/mol. The van der Waals surface area contributed by atoms with E-state index in [9.17, 15) is 14.0 Å². The van der Waals surface area contributed by atoms with E-state index in [-0.39, 0.29) is 29.2 Å². The normalized spacial score (nSPS) is 11.8. The zero-order valence-electron chi connectivity index (χ0n) is 17.6. The van der Waals surface area contributed by atoms with Crippen LogP contribution in [0.5, 0.6) is 0 Å². The summed E-state index contributed by atoms with van der Waals surface area (Å²) in [5.74, 6) is -0.148. The minimum absolute atomic E-state index is 0.150. The molecule has 0 aliphatic heterocycles. The first-order chi connectivity index (χ1) is 14.6. The fourth-order valence-corrected chi connectivity index (χ4v) is 4.12. The summed E-state index contributed by atoms with van der Waals surface area (Å²) in [6, 6.07) is 7.76. The van der Waals surface area contributed by atoms with Crippen molar-refractivity contribution in [1.82, 2.24) is 19.3 Å². The Hall–Kier alpha value is -3.33. The van der Waals surface area contributed by atoms with Gasteiger partial charge in [-0.15, -0.1) is 11.3 Å². The first-order valence-corrected chi connectivity index (χ1v) is 10.6. The Morgan fingerprint density at radius 2 is 1.94 bits per heavy atom. The first-order valence-electron chi connectivity index (χ1n) is 9.70. The summed E-state index contributed by atoms with van der Waals surface area (Å²) in [6.07, 6.45) is 1.37. The van der Waals surface area contributed by atoms with Crippen molar-refractivity contribution in [3.8, 4) is 11.1 Å². The van der Waals surface area contributed by atoms with Gasteiger partial charge in [0.15, 0.2) is 0 Å². The zero-order chi connectivity index (χ0) is 22.3. The van der Waals surface area contributed by atoms with Gasteiger partial charge in [0.05, 0.1) is 17.4 Å². The van der Waals surface area contributed by atoms with Crippen molar-refractivity contribution in [3.05, 3.63) is 63.9 Å². The second-order valence-corrected chi connectivity index (χ2v) is 9.21. The van der Waals surface area contributed by atoms with Crippen molar-refractivity contribution in [2.24, 2.45) is 7.05 Å². The number of rotatable bonds is 4. The van der Waals surface area contributed by atoms with E-state index in [1.54, 1.807) is 23.9 Å². The summed E-state index contributed by atoms with van der Waals surface area (Å²) in [4.78, 5) is 30.6. The molecule has 1 amide bonds. The molecule has 0 spiro atoms.